The van der Waals surface area contributed by atoms with Crippen molar-refractivity contribution in [1.82, 2.24) is 5.32 Å². The summed E-state index contributed by atoms with van der Waals surface area (Å²) in [4.78, 5) is 12.5. The predicted octanol–water partition coefficient (Wildman–Crippen LogP) is 3.29. The lowest BCUT2D eigenvalue weighted by molar-refractivity contribution is -0.130. The molecular weight excluding hydrogens is 316 g/mol. The second kappa shape index (κ2) is 8.74. The van der Waals surface area contributed by atoms with Gasteiger partial charge in [0.15, 0.2) is 6.10 Å². The third-order valence-corrected chi connectivity index (χ3v) is 3.75. The lowest BCUT2D eigenvalue weighted by atomic mass is 10.1. The van der Waals surface area contributed by atoms with Crippen LogP contribution in [0.15, 0.2) is 48.5 Å². The van der Waals surface area contributed by atoms with Crippen LogP contribution in [0.1, 0.15) is 25.0 Å². The van der Waals surface area contributed by atoms with Gasteiger partial charge >= 0.3 is 0 Å². The highest BCUT2D eigenvalue weighted by molar-refractivity contribution is 5.81. The zero-order chi connectivity index (χ0) is 18.2. The van der Waals surface area contributed by atoms with Gasteiger partial charge < -0.3 is 14.8 Å². The van der Waals surface area contributed by atoms with Crippen molar-refractivity contribution in [2.45, 2.75) is 26.5 Å². The summed E-state index contributed by atoms with van der Waals surface area (Å²) in [6, 6.07) is 16.5. The number of nitrogens with zero attached hydrogens (tertiary/aromatic N) is 1. The van der Waals surface area contributed by atoms with E-state index in [4.69, 9.17) is 14.7 Å². The second-order valence-electron chi connectivity index (χ2n) is 5.96. The van der Waals surface area contributed by atoms with Crippen molar-refractivity contribution in [2.24, 2.45) is 5.92 Å². The minimum atomic E-state index is -0.673. The number of nitriles is 1. The van der Waals surface area contributed by atoms with Crippen molar-refractivity contribution in [3.63, 3.8) is 0 Å². The number of hydrogen-bond acceptors (Lipinski definition) is 4. The van der Waals surface area contributed by atoms with E-state index in [1.54, 1.807) is 31.4 Å². The number of amides is 1. The fraction of sp³-hybridized carbons (Fsp3) is 0.300. The van der Waals surface area contributed by atoms with Gasteiger partial charge in [-0.05, 0) is 35.7 Å². The summed E-state index contributed by atoms with van der Waals surface area (Å²) < 4.78 is 10.9. The van der Waals surface area contributed by atoms with Gasteiger partial charge in [0.2, 0.25) is 0 Å². The van der Waals surface area contributed by atoms with Crippen molar-refractivity contribution < 1.29 is 14.3 Å². The molecule has 1 N–H and O–H groups in total. The van der Waals surface area contributed by atoms with Gasteiger partial charge in [0.1, 0.15) is 17.6 Å². The molecule has 0 aliphatic carbocycles. The van der Waals surface area contributed by atoms with Crippen LogP contribution in [0.2, 0.25) is 0 Å². The van der Waals surface area contributed by atoms with E-state index < -0.39 is 6.10 Å². The Morgan fingerprint density at radius 2 is 1.84 bits per heavy atom. The van der Waals surface area contributed by atoms with Crippen molar-refractivity contribution in [3.8, 4) is 17.6 Å². The molecule has 130 valence electrons. The van der Waals surface area contributed by atoms with Gasteiger partial charge in [-0.15, -0.1) is 0 Å². The van der Waals surface area contributed by atoms with E-state index in [1.807, 2.05) is 38.1 Å². The molecule has 1 unspecified atom stereocenters. The van der Waals surface area contributed by atoms with E-state index >= 15 is 0 Å². The molecule has 1 amide bonds. The third kappa shape index (κ3) is 4.98. The molecule has 0 aromatic heterocycles. The van der Waals surface area contributed by atoms with E-state index in [0.29, 0.717) is 17.9 Å². The number of carbonyl (C=O) groups excluding carboxylic acids is 1. The maximum Gasteiger partial charge on any atom is 0.261 e. The average Bonchev–Trinajstić information content (AvgIpc) is 2.64. The summed E-state index contributed by atoms with van der Waals surface area (Å²) in [6.07, 6.45) is -0.673. The fourth-order valence-corrected chi connectivity index (χ4v) is 2.32. The first kappa shape index (κ1) is 18.3. The van der Waals surface area contributed by atoms with Crippen LogP contribution in [-0.2, 0) is 11.3 Å². The summed E-state index contributed by atoms with van der Waals surface area (Å²) in [7, 11) is 1.61. The van der Waals surface area contributed by atoms with Gasteiger partial charge in [-0.2, -0.15) is 5.26 Å². The summed E-state index contributed by atoms with van der Waals surface area (Å²) >= 11 is 0. The number of nitrogens with one attached hydrogen (secondary N) is 1. The molecule has 5 nitrogen and oxygen atoms in total. The molecule has 0 heterocycles. The van der Waals surface area contributed by atoms with Crippen LogP contribution in [0.4, 0.5) is 0 Å². The Labute approximate surface area is 148 Å². The van der Waals surface area contributed by atoms with E-state index in [1.165, 1.54) is 0 Å². The standard InChI is InChI=1S/C20H22N2O3/c1-14(2)19(25-18-7-5-4-6-16(18)12-21)20(23)22-13-15-8-10-17(24-3)11-9-15/h4-11,14,19H,13H2,1-3H3,(H,22,23). The van der Waals surface area contributed by atoms with Crippen LogP contribution in [0, 0.1) is 17.2 Å². The topological polar surface area (TPSA) is 71.3 Å². The van der Waals surface area contributed by atoms with Gasteiger partial charge in [-0.1, -0.05) is 38.1 Å². The molecule has 0 spiro atoms. The molecule has 0 saturated carbocycles. The quantitative estimate of drug-likeness (QED) is 0.841. The van der Waals surface area contributed by atoms with Crippen LogP contribution in [0.5, 0.6) is 11.5 Å². The van der Waals surface area contributed by atoms with Crippen molar-refractivity contribution in [2.75, 3.05) is 7.11 Å². The van der Waals surface area contributed by atoms with Crippen LogP contribution < -0.4 is 14.8 Å². The Balaban J connectivity index is 2.03. The maximum absolute atomic E-state index is 12.5. The largest absolute Gasteiger partial charge is 0.497 e. The zero-order valence-corrected chi connectivity index (χ0v) is 14.7. The van der Waals surface area contributed by atoms with Crippen LogP contribution in [0.3, 0.4) is 0 Å². The van der Waals surface area contributed by atoms with Gasteiger partial charge in [-0.3, -0.25) is 4.79 Å². The molecule has 2 aromatic carbocycles. The number of para-hydroxylation sites is 1. The Bertz CT molecular complexity index is 748. The number of hydrogen-bond donors (Lipinski definition) is 1. The lowest BCUT2D eigenvalue weighted by Crippen LogP contribution is -2.41. The second-order valence-corrected chi connectivity index (χ2v) is 5.96. The molecule has 2 aromatic rings. The highest BCUT2D eigenvalue weighted by Gasteiger charge is 2.25. The van der Waals surface area contributed by atoms with E-state index in [9.17, 15) is 4.79 Å². The monoisotopic (exact) mass is 338 g/mol. The minimum absolute atomic E-state index is 0.0392. The summed E-state index contributed by atoms with van der Waals surface area (Å²) in [5.74, 6) is 0.941. The molecule has 2 rings (SSSR count). The fourth-order valence-electron chi connectivity index (χ4n) is 2.32. The normalized spacial score (nSPS) is 11.5. The summed E-state index contributed by atoms with van der Waals surface area (Å²) in [5.41, 5.74) is 1.38. The lowest BCUT2D eigenvalue weighted by Gasteiger charge is -2.22. The van der Waals surface area contributed by atoms with Crippen molar-refractivity contribution in [3.05, 3.63) is 59.7 Å². The number of methoxy groups -OCH3 is 1. The highest BCUT2D eigenvalue weighted by atomic mass is 16.5. The summed E-state index contributed by atoms with van der Waals surface area (Å²) in [6.45, 7) is 4.22. The maximum atomic E-state index is 12.5. The van der Waals surface area contributed by atoms with E-state index in [-0.39, 0.29) is 11.8 Å². The number of ether oxygens (including phenoxy) is 2. The average molecular weight is 338 g/mol. The molecule has 5 heteroatoms. The van der Waals surface area contributed by atoms with Gasteiger partial charge in [0.05, 0.1) is 12.7 Å². The number of rotatable bonds is 7. The van der Waals surface area contributed by atoms with Crippen molar-refractivity contribution in [1.29, 1.82) is 5.26 Å². The van der Waals surface area contributed by atoms with E-state index in [2.05, 4.69) is 11.4 Å². The number of benzene rings is 2. The first-order valence-corrected chi connectivity index (χ1v) is 8.11. The minimum Gasteiger partial charge on any atom is -0.497 e. The van der Waals surface area contributed by atoms with Crippen LogP contribution >= 0.6 is 0 Å². The first-order chi connectivity index (χ1) is 12.0. The Hall–Kier alpha value is -3.00. The van der Waals surface area contributed by atoms with Gasteiger partial charge in [0.25, 0.3) is 5.91 Å². The SMILES string of the molecule is COc1ccc(CNC(=O)C(Oc2ccccc2C#N)C(C)C)cc1. The van der Waals surface area contributed by atoms with E-state index in [0.717, 1.165) is 11.3 Å². The van der Waals surface area contributed by atoms with Crippen LogP contribution in [0.25, 0.3) is 0 Å². The molecular formula is C20H22N2O3. The van der Waals surface area contributed by atoms with Gasteiger partial charge in [-0.25, -0.2) is 0 Å². The number of carbonyl (C=O) groups is 1. The molecule has 0 saturated heterocycles. The highest BCUT2D eigenvalue weighted by Crippen LogP contribution is 2.21. The Morgan fingerprint density at radius 3 is 2.44 bits per heavy atom. The summed E-state index contributed by atoms with van der Waals surface area (Å²) in [5, 5.41) is 12.1. The molecule has 1 atom stereocenters. The molecule has 0 radical (unpaired) electrons. The predicted molar refractivity (Wildman–Crippen MR) is 95.3 cm³/mol. The molecule has 0 fully saturated rings. The third-order valence-electron chi connectivity index (χ3n) is 3.75. The van der Waals surface area contributed by atoms with Gasteiger partial charge in [0, 0.05) is 6.54 Å². The molecule has 25 heavy (non-hydrogen) atoms. The molecule has 0 aliphatic heterocycles. The zero-order valence-electron chi connectivity index (χ0n) is 14.7. The Kier molecular flexibility index (Phi) is 6.41. The molecule has 0 bridgehead atoms. The van der Waals surface area contributed by atoms with Crippen LogP contribution in [-0.4, -0.2) is 19.1 Å². The molecule has 0 aliphatic rings. The van der Waals surface area contributed by atoms with Crippen molar-refractivity contribution >= 4 is 5.91 Å². The first-order valence-electron chi connectivity index (χ1n) is 8.11. The smallest absolute Gasteiger partial charge is 0.261 e. The Morgan fingerprint density at radius 1 is 1.16 bits per heavy atom.